The topological polar surface area (TPSA) is 29.0 Å². The summed E-state index contributed by atoms with van der Waals surface area (Å²) >= 11 is 5.94. The molecule has 4 heteroatoms. The molecule has 1 atom stereocenters. The summed E-state index contributed by atoms with van der Waals surface area (Å²) in [7, 11) is 2.06. The monoisotopic (exact) mass is 241 g/mol. The van der Waals surface area contributed by atoms with Crippen molar-refractivity contribution in [3.8, 4) is 0 Å². The lowest BCUT2D eigenvalue weighted by Gasteiger charge is -2.27. The summed E-state index contributed by atoms with van der Waals surface area (Å²) in [5.74, 6) is 0.933. The molecule has 1 rings (SSSR count). The summed E-state index contributed by atoms with van der Waals surface area (Å²) in [6.07, 6.45) is 2.32. The second-order valence-electron chi connectivity index (χ2n) is 4.31. The molecule has 0 aromatic carbocycles. The number of anilines is 1. The van der Waals surface area contributed by atoms with Gasteiger partial charge in [-0.05, 0) is 38.3 Å². The third-order valence-electron chi connectivity index (χ3n) is 3.14. The van der Waals surface area contributed by atoms with Gasteiger partial charge in [0, 0.05) is 13.1 Å². The summed E-state index contributed by atoms with van der Waals surface area (Å²) < 4.78 is 0. The Kier molecular flexibility index (Phi) is 4.54. The molecule has 0 aliphatic rings. The third-order valence-corrected chi connectivity index (χ3v) is 3.50. The largest absolute Gasteiger partial charge is 0.355 e. The Morgan fingerprint density at radius 3 is 2.44 bits per heavy atom. The van der Waals surface area contributed by atoms with Gasteiger partial charge in [-0.15, -0.1) is 10.2 Å². The fraction of sp³-hybridized carbons (Fsp3) is 0.667. The molecule has 0 N–H and O–H groups in total. The molecule has 0 fully saturated rings. The van der Waals surface area contributed by atoms with Crippen molar-refractivity contribution in [2.75, 3.05) is 11.9 Å². The van der Waals surface area contributed by atoms with Crippen molar-refractivity contribution >= 4 is 17.4 Å². The van der Waals surface area contributed by atoms with Crippen molar-refractivity contribution in [1.82, 2.24) is 10.2 Å². The Hall–Kier alpha value is -0.830. The highest BCUT2D eigenvalue weighted by atomic mass is 35.5. The highest BCUT2D eigenvalue weighted by molar-refractivity contribution is 6.30. The van der Waals surface area contributed by atoms with E-state index in [1.807, 2.05) is 13.8 Å². The van der Waals surface area contributed by atoms with Crippen LogP contribution in [0.2, 0.25) is 5.15 Å². The zero-order valence-electron chi connectivity index (χ0n) is 10.7. The van der Waals surface area contributed by atoms with E-state index in [1.165, 1.54) is 6.42 Å². The fourth-order valence-electron chi connectivity index (χ4n) is 1.72. The maximum absolute atomic E-state index is 5.94. The molecule has 1 aromatic rings. The van der Waals surface area contributed by atoms with Crippen molar-refractivity contribution in [3.05, 3.63) is 16.3 Å². The molecule has 3 nitrogen and oxygen atoms in total. The minimum absolute atomic E-state index is 0.471. The van der Waals surface area contributed by atoms with E-state index in [0.29, 0.717) is 11.2 Å². The zero-order valence-corrected chi connectivity index (χ0v) is 11.5. The first-order chi connectivity index (χ1) is 7.49. The van der Waals surface area contributed by atoms with Gasteiger partial charge in [-0.25, -0.2) is 0 Å². The van der Waals surface area contributed by atoms with Crippen molar-refractivity contribution in [3.63, 3.8) is 0 Å². The van der Waals surface area contributed by atoms with Crippen LogP contribution in [0.1, 0.15) is 37.8 Å². The Bertz CT molecular complexity index is 366. The van der Waals surface area contributed by atoms with Crippen LogP contribution in [-0.4, -0.2) is 23.3 Å². The lowest BCUT2D eigenvalue weighted by atomic mass is 10.1. The van der Waals surface area contributed by atoms with Crippen LogP contribution < -0.4 is 4.90 Å². The standard InChI is InChI=1S/C12H20ClN3/c1-6-7-8(2)16(5)12-10(4)9(3)11(13)14-15-12/h8H,6-7H2,1-5H3. The molecule has 0 bridgehead atoms. The molecule has 1 heterocycles. The molecular weight excluding hydrogens is 222 g/mol. The van der Waals surface area contributed by atoms with Crippen molar-refractivity contribution in [2.45, 2.75) is 46.6 Å². The van der Waals surface area contributed by atoms with Crippen LogP contribution in [0.5, 0.6) is 0 Å². The van der Waals surface area contributed by atoms with Crippen LogP contribution in [0.15, 0.2) is 0 Å². The maximum Gasteiger partial charge on any atom is 0.155 e. The van der Waals surface area contributed by atoms with Gasteiger partial charge >= 0.3 is 0 Å². The minimum Gasteiger partial charge on any atom is -0.355 e. The first-order valence-corrected chi connectivity index (χ1v) is 6.09. The second kappa shape index (κ2) is 5.48. The SMILES string of the molecule is CCCC(C)N(C)c1nnc(Cl)c(C)c1C. The lowest BCUT2D eigenvalue weighted by Crippen LogP contribution is -2.30. The summed E-state index contributed by atoms with van der Waals surface area (Å²) in [5.41, 5.74) is 2.13. The van der Waals surface area contributed by atoms with Gasteiger partial charge < -0.3 is 4.90 Å². The van der Waals surface area contributed by atoms with E-state index in [4.69, 9.17) is 11.6 Å². The fourth-order valence-corrected chi connectivity index (χ4v) is 1.90. The van der Waals surface area contributed by atoms with Gasteiger partial charge in [0.1, 0.15) is 0 Å². The van der Waals surface area contributed by atoms with Gasteiger partial charge in [0.15, 0.2) is 11.0 Å². The normalized spacial score (nSPS) is 12.6. The summed E-state index contributed by atoms with van der Waals surface area (Å²) in [5, 5.41) is 8.66. The number of hydrogen-bond donors (Lipinski definition) is 0. The predicted octanol–water partition coefficient (Wildman–Crippen LogP) is 3.37. The number of hydrogen-bond acceptors (Lipinski definition) is 3. The van der Waals surface area contributed by atoms with Gasteiger partial charge in [-0.2, -0.15) is 0 Å². The van der Waals surface area contributed by atoms with Crippen molar-refractivity contribution in [2.24, 2.45) is 0 Å². The first kappa shape index (κ1) is 13.2. The quantitative estimate of drug-likeness (QED) is 0.809. The minimum atomic E-state index is 0.471. The summed E-state index contributed by atoms with van der Waals surface area (Å²) in [6, 6.07) is 0.471. The van der Waals surface area contributed by atoms with E-state index in [-0.39, 0.29) is 0 Å². The third kappa shape index (κ3) is 2.64. The Morgan fingerprint density at radius 1 is 1.25 bits per heavy atom. The molecule has 0 saturated carbocycles. The Labute approximate surface area is 103 Å². The van der Waals surface area contributed by atoms with Crippen LogP contribution in [0.3, 0.4) is 0 Å². The van der Waals surface area contributed by atoms with Crippen molar-refractivity contribution in [1.29, 1.82) is 0 Å². The van der Waals surface area contributed by atoms with E-state index in [1.54, 1.807) is 0 Å². The second-order valence-corrected chi connectivity index (χ2v) is 4.67. The number of nitrogens with zero attached hydrogens (tertiary/aromatic N) is 3. The van der Waals surface area contributed by atoms with Gasteiger partial charge in [0.25, 0.3) is 0 Å². The Balaban J connectivity index is 3.00. The highest BCUT2D eigenvalue weighted by Crippen LogP contribution is 2.24. The molecule has 16 heavy (non-hydrogen) atoms. The number of halogens is 1. The molecule has 0 saturated heterocycles. The summed E-state index contributed by atoms with van der Waals surface area (Å²) in [4.78, 5) is 2.18. The molecule has 0 amide bonds. The van der Waals surface area contributed by atoms with E-state index >= 15 is 0 Å². The van der Waals surface area contributed by atoms with E-state index in [2.05, 4.69) is 36.0 Å². The van der Waals surface area contributed by atoms with Crippen LogP contribution in [0.4, 0.5) is 5.82 Å². The smallest absolute Gasteiger partial charge is 0.155 e. The molecule has 0 aliphatic carbocycles. The molecular formula is C12H20ClN3. The summed E-state index contributed by atoms with van der Waals surface area (Å²) in [6.45, 7) is 8.42. The zero-order chi connectivity index (χ0) is 12.3. The molecule has 0 aliphatic heterocycles. The van der Waals surface area contributed by atoms with Crippen LogP contribution in [0.25, 0.3) is 0 Å². The predicted molar refractivity (Wildman–Crippen MR) is 69.3 cm³/mol. The van der Waals surface area contributed by atoms with Crippen molar-refractivity contribution < 1.29 is 0 Å². The molecule has 1 aromatic heterocycles. The molecule has 0 radical (unpaired) electrons. The van der Waals surface area contributed by atoms with Gasteiger partial charge in [-0.1, -0.05) is 24.9 Å². The average Bonchev–Trinajstić information content (AvgIpc) is 2.26. The number of rotatable bonds is 4. The molecule has 0 spiro atoms. The molecule has 90 valence electrons. The average molecular weight is 242 g/mol. The maximum atomic E-state index is 5.94. The molecule has 1 unspecified atom stereocenters. The van der Waals surface area contributed by atoms with Crippen LogP contribution in [-0.2, 0) is 0 Å². The van der Waals surface area contributed by atoms with Gasteiger partial charge in [0.2, 0.25) is 0 Å². The first-order valence-electron chi connectivity index (χ1n) is 5.71. The van der Waals surface area contributed by atoms with E-state index in [9.17, 15) is 0 Å². The van der Waals surface area contributed by atoms with Crippen LogP contribution in [0, 0.1) is 13.8 Å². The van der Waals surface area contributed by atoms with Gasteiger partial charge in [-0.3, -0.25) is 0 Å². The lowest BCUT2D eigenvalue weighted by molar-refractivity contribution is 0.606. The van der Waals surface area contributed by atoms with Gasteiger partial charge in [0.05, 0.1) is 0 Å². The van der Waals surface area contributed by atoms with Crippen LogP contribution >= 0.6 is 11.6 Å². The van der Waals surface area contributed by atoms with E-state index in [0.717, 1.165) is 23.4 Å². The highest BCUT2D eigenvalue weighted by Gasteiger charge is 2.15. The number of aromatic nitrogens is 2. The van der Waals surface area contributed by atoms with E-state index < -0.39 is 0 Å². The Morgan fingerprint density at radius 2 is 1.88 bits per heavy atom.